The number of pyridine rings is 1. The summed E-state index contributed by atoms with van der Waals surface area (Å²) in [5.41, 5.74) is 9.72. The molecule has 0 aliphatic heterocycles. The third kappa shape index (κ3) is 2.11. The maximum atomic E-state index is 5.57. The van der Waals surface area contributed by atoms with E-state index in [0.29, 0.717) is 6.54 Å². The Morgan fingerprint density at radius 1 is 1.16 bits per heavy atom. The van der Waals surface area contributed by atoms with Crippen LogP contribution in [0.15, 0.2) is 42.6 Å². The molecule has 0 spiro atoms. The minimum Gasteiger partial charge on any atom is -0.330 e. The number of rotatable bonds is 3. The molecule has 2 heterocycles. The molecule has 0 saturated heterocycles. The predicted molar refractivity (Wildman–Crippen MR) is 76.4 cm³/mol. The van der Waals surface area contributed by atoms with Gasteiger partial charge in [-0.1, -0.05) is 12.1 Å². The van der Waals surface area contributed by atoms with Crippen LogP contribution < -0.4 is 5.73 Å². The van der Waals surface area contributed by atoms with Crippen LogP contribution in [-0.4, -0.2) is 21.1 Å². The predicted octanol–water partition coefficient (Wildman–Crippen LogP) is 2.23. The molecule has 0 aliphatic carbocycles. The second-order valence-corrected chi connectivity index (χ2v) is 4.55. The topological polar surface area (TPSA) is 56.7 Å². The molecule has 0 aliphatic rings. The average molecular weight is 252 g/mol. The van der Waals surface area contributed by atoms with Crippen molar-refractivity contribution in [2.75, 3.05) is 6.54 Å². The highest BCUT2D eigenvalue weighted by molar-refractivity contribution is 5.73. The minimum atomic E-state index is 0.675. The highest BCUT2D eigenvalue weighted by Crippen LogP contribution is 2.19. The molecule has 2 N–H and O–H groups in total. The Labute approximate surface area is 111 Å². The van der Waals surface area contributed by atoms with Crippen LogP contribution in [0.4, 0.5) is 0 Å². The first-order valence-electron chi connectivity index (χ1n) is 6.39. The Hall–Kier alpha value is -2.20. The number of nitrogens with two attached hydrogens (primary N) is 1. The summed E-state index contributed by atoms with van der Waals surface area (Å²) in [6, 6.07) is 12.3. The molecule has 3 aromatic rings. The second kappa shape index (κ2) is 4.82. The van der Waals surface area contributed by atoms with Gasteiger partial charge in [-0.05, 0) is 49.7 Å². The molecule has 0 bridgehead atoms. The van der Waals surface area contributed by atoms with Crippen LogP contribution in [0.5, 0.6) is 0 Å². The van der Waals surface area contributed by atoms with Crippen molar-refractivity contribution < 1.29 is 0 Å². The number of benzene rings is 1. The number of hydrogen-bond donors (Lipinski definition) is 1. The van der Waals surface area contributed by atoms with Gasteiger partial charge in [0.05, 0.1) is 0 Å². The van der Waals surface area contributed by atoms with Gasteiger partial charge in [-0.25, -0.2) is 9.97 Å². The molecule has 3 rings (SSSR count). The largest absolute Gasteiger partial charge is 0.330 e. The third-order valence-corrected chi connectivity index (χ3v) is 3.21. The van der Waals surface area contributed by atoms with E-state index in [4.69, 9.17) is 5.73 Å². The molecular weight excluding hydrogens is 236 g/mol. The summed E-state index contributed by atoms with van der Waals surface area (Å²) in [5.74, 6) is 0.945. The lowest BCUT2D eigenvalue weighted by Crippen LogP contribution is -2.03. The van der Waals surface area contributed by atoms with Gasteiger partial charge >= 0.3 is 0 Å². The Morgan fingerprint density at radius 2 is 1.95 bits per heavy atom. The van der Waals surface area contributed by atoms with Crippen LogP contribution in [0.1, 0.15) is 11.4 Å². The summed E-state index contributed by atoms with van der Waals surface area (Å²) in [6.45, 7) is 2.67. The molecule has 4 nitrogen and oxygen atoms in total. The Kier molecular flexibility index (Phi) is 3.01. The van der Waals surface area contributed by atoms with E-state index in [2.05, 4.69) is 38.8 Å². The Balaban J connectivity index is 2.10. The van der Waals surface area contributed by atoms with Crippen LogP contribution in [0, 0.1) is 6.92 Å². The van der Waals surface area contributed by atoms with E-state index >= 15 is 0 Å². The summed E-state index contributed by atoms with van der Waals surface area (Å²) < 4.78 is 2.07. The van der Waals surface area contributed by atoms with Gasteiger partial charge < -0.3 is 5.73 Å². The van der Waals surface area contributed by atoms with Gasteiger partial charge in [-0.3, -0.25) is 4.57 Å². The number of aromatic nitrogens is 3. The SMILES string of the molecule is Cc1nc2cccnc2n1-c1ccc(CCN)cc1. The summed E-state index contributed by atoms with van der Waals surface area (Å²) >= 11 is 0. The fraction of sp³-hybridized carbons (Fsp3) is 0.200. The molecule has 0 saturated carbocycles. The van der Waals surface area contributed by atoms with E-state index in [1.165, 1.54) is 5.56 Å². The summed E-state index contributed by atoms with van der Waals surface area (Å²) in [4.78, 5) is 8.95. The van der Waals surface area contributed by atoms with Gasteiger partial charge in [0.1, 0.15) is 11.3 Å². The normalized spacial score (nSPS) is 11.1. The maximum Gasteiger partial charge on any atom is 0.164 e. The van der Waals surface area contributed by atoms with Crippen molar-refractivity contribution in [1.82, 2.24) is 14.5 Å². The fourth-order valence-corrected chi connectivity index (χ4v) is 2.31. The highest BCUT2D eigenvalue weighted by Gasteiger charge is 2.09. The first-order valence-corrected chi connectivity index (χ1v) is 6.39. The van der Waals surface area contributed by atoms with E-state index in [-0.39, 0.29) is 0 Å². The van der Waals surface area contributed by atoms with Crippen molar-refractivity contribution in [1.29, 1.82) is 0 Å². The van der Waals surface area contributed by atoms with E-state index in [1.807, 2.05) is 19.1 Å². The van der Waals surface area contributed by atoms with Gasteiger partial charge in [-0.2, -0.15) is 0 Å². The number of imidazole rings is 1. The summed E-state index contributed by atoms with van der Waals surface area (Å²) in [7, 11) is 0. The zero-order chi connectivity index (χ0) is 13.2. The maximum absolute atomic E-state index is 5.57. The van der Waals surface area contributed by atoms with Crippen LogP contribution in [0.2, 0.25) is 0 Å². The van der Waals surface area contributed by atoms with Gasteiger partial charge in [0.25, 0.3) is 0 Å². The fourth-order valence-electron chi connectivity index (χ4n) is 2.31. The lowest BCUT2D eigenvalue weighted by Gasteiger charge is -2.07. The molecule has 0 fully saturated rings. The molecule has 0 atom stereocenters. The molecule has 96 valence electrons. The molecule has 2 aromatic heterocycles. The molecule has 0 amide bonds. The van der Waals surface area contributed by atoms with Crippen molar-refractivity contribution in [3.05, 3.63) is 54.0 Å². The lowest BCUT2D eigenvalue weighted by molar-refractivity contribution is 0.957. The van der Waals surface area contributed by atoms with Crippen LogP contribution in [-0.2, 0) is 6.42 Å². The Bertz CT molecular complexity index is 698. The van der Waals surface area contributed by atoms with Gasteiger partial charge in [-0.15, -0.1) is 0 Å². The number of fused-ring (bicyclic) bond motifs is 1. The van der Waals surface area contributed by atoms with Gasteiger partial charge in [0.2, 0.25) is 0 Å². The van der Waals surface area contributed by atoms with Crippen molar-refractivity contribution in [2.45, 2.75) is 13.3 Å². The molecule has 0 radical (unpaired) electrons. The number of hydrogen-bond acceptors (Lipinski definition) is 3. The molecule has 0 unspecified atom stereocenters. The first-order chi connectivity index (χ1) is 9.29. The summed E-state index contributed by atoms with van der Waals surface area (Å²) in [5, 5.41) is 0. The second-order valence-electron chi connectivity index (χ2n) is 4.55. The van der Waals surface area contributed by atoms with Crippen LogP contribution in [0.25, 0.3) is 16.9 Å². The first kappa shape index (κ1) is 11.9. The number of aryl methyl sites for hydroxylation is 1. The number of nitrogens with zero attached hydrogens (tertiary/aromatic N) is 3. The van der Waals surface area contributed by atoms with Crippen molar-refractivity contribution in [3.63, 3.8) is 0 Å². The van der Waals surface area contributed by atoms with E-state index in [9.17, 15) is 0 Å². The molecular formula is C15H16N4. The zero-order valence-corrected chi connectivity index (χ0v) is 10.9. The van der Waals surface area contributed by atoms with Gasteiger partial charge in [0.15, 0.2) is 5.65 Å². The van der Waals surface area contributed by atoms with E-state index < -0.39 is 0 Å². The summed E-state index contributed by atoms with van der Waals surface area (Å²) in [6.07, 6.45) is 2.70. The molecule has 4 heteroatoms. The molecule has 1 aromatic carbocycles. The van der Waals surface area contributed by atoms with Crippen molar-refractivity contribution >= 4 is 11.2 Å². The average Bonchev–Trinajstić information content (AvgIpc) is 2.76. The van der Waals surface area contributed by atoms with Crippen LogP contribution >= 0.6 is 0 Å². The van der Waals surface area contributed by atoms with E-state index in [0.717, 1.165) is 29.1 Å². The lowest BCUT2D eigenvalue weighted by atomic mass is 10.1. The van der Waals surface area contributed by atoms with Crippen molar-refractivity contribution in [3.8, 4) is 5.69 Å². The monoisotopic (exact) mass is 252 g/mol. The smallest absolute Gasteiger partial charge is 0.164 e. The van der Waals surface area contributed by atoms with Gasteiger partial charge in [0, 0.05) is 11.9 Å². The minimum absolute atomic E-state index is 0.675. The van der Waals surface area contributed by atoms with E-state index in [1.54, 1.807) is 6.20 Å². The highest BCUT2D eigenvalue weighted by atomic mass is 15.1. The standard InChI is InChI=1S/C15H16N4/c1-11-18-14-3-2-10-17-15(14)19(11)13-6-4-12(5-7-13)8-9-16/h2-7,10H,8-9,16H2,1H3. The molecule has 19 heavy (non-hydrogen) atoms. The Morgan fingerprint density at radius 3 is 2.68 bits per heavy atom. The van der Waals surface area contributed by atoms with Crippen LogP contribution in [0.3, 0.4) is 0 Å². The third-order valence-electron chi connectivity index (χ3n) is 3.21. The zero-order valence-electron chi connectivity index (χ0n) is 10.9. The van der Waals surface area contributed by atoms with Crippen molar-refractivity contribution in [2.24, 2.45) is 5.73 Å². The quantitative estimate of drug-likeness (QED) is 0.777.